The first-order valence-electron chi connectivity index (χ1n) is 6.39. The standard InChI is InChI=1S/C10H16N8O2S3/c1-13-7-8(18-23(19,20)17-7)14-2-3-21-4-6-5-22-10(15-6)16-9(11)12/h5H,2-4H2,1H3,(H,13,17)(H,14,18)(H4,11,12,15,16). The molecular weight excluding hydrogens is 360 g/mol. The Kier molecular flexibility index (Phi) is 5.79. The van der Waals surface area contributed by atoms with Crippen LogP contribution in [0.25, 0.3) is 0 Å². The molecule has 10 nitrogen and oxygen atoms in total. The van der Waals surface area contributed by atoms with E-state index in [0.29, 0.717) is 17.4 Å². The van der Waals surface area contributed by atoms with Gasteiger partial charge in [0.2, 0.25) is 0 Å². The number of aromatic nitrogens is 1. The summed E-state index contributed by atoms with van der Waals surface area (Å²) < 4.78 is 29.5. The summed E-state index contributed by atoms with van der Waals surface area (Å²) in [7, 11) is -2.16. The number of amidine groups is 2. The lowest BCUT2D eigenvalue weighted by molar-refractivity contribution is 0.600. The predicted molar refractivity (Wildman–Crippen MR) is 94.7 cm³/mol. The molecule has 6 N–H and O–H groups in total. The second-order valence-corrected chi connectivity index (χ2v) is 7.46. The van der Waals surface area contributed by atoms with Crippen LogP contribution in [0.4, 0.5) is 5.13 Å². The third-order valence-electron chi connectivity index (χ3n) is 2.46. The van der Waals surface area contributed by atoms with Crippen LogP contribution < -0.4 is 21.7 Å². The lowest BCUT2D eigenvalue weighted by Crippen LogP contribution is -2.37. The minimum absolute atomic E-state index is 0.142. The van der Waals surface area contributed by atoms with Gasteiger partial charge in [-0.3, -0.25) is 5.41 Å². The van der Waals surface area contributed by atoms with Crippen molar-refractivity contribution in [1.29, 1.82) is 5.41 Å². The molecule has 0 bridgehead atoms. The van der Waals surface area contributed by atoms with Crippen LogP contribution in [0.15, 0.2) is 14.2 Å². The molecule has 2 rings (SSSR count). The minimum Gasteiger partial charge on any atom is -0.370 e. The number of hydrogen-bond acceptors (Lipinski definition) is 8. The number of thioether (sulfide) groups is 1. The first kappa shape index (κ1) is 17.5. The molecule has 0 aromatic carbocycles. The number of rotatable bonds is 6. The van der Waals surface area contributed by atoms with Crippen molar-refractivity contribution >= 4 is 56.1 Å². The topological polar surface area (TPSA) is 158 Å². The molecule has 0 amide bonds. The fraction of sp³-hybridized carbons (Fsp3) is 0.400. The normalized spacial score (nSPS) is 15.7. The summed E-state index contributed by atoms with van der Waals surface area (Å²) in [6, 6.07) is 0. The highest BCUT2D eigenvalue weighted by atomic mass is 32.2. The fourth-order valence-electron chi connectivity index (χ4n) is 1.58. The maximum absolute atomic E-state index is 11.3. The van der Waals surface area contributed by atoms with Crippen LogP contribution in [0.3, 0.4) is 0 Å². The quantitative estimate of drug-likeness (QED) is 0.254. The van der Waals surface area contributed by atoms with Gasteiger partial charge in [0.25, 0.3) is 0 Å². The number of thiazole rings is 1. The van der Waals surface area contributed by atoms with Gasteiger partial charge in [-0.2, -0.15) is 20.2 Å². The maximum atomic E-state index is 11.3. The molecular formula is C10H16N8O2S3. The molecule has 0 radical (unpaired) electrons. The van der Waals surface area contributed by atoms with Crippen LogP contribution in [0.5, 0.6) is 0 Å². The van der Waals surface area contributed by atoms with Gasteiger partial charge in [-0.25, -0.2) is 4.98 Å². The Morgan fingerprint density at radius 2 is 2.17 bits per heavy atom. The van der Waals surface area contributed by atoms with Gasteiger partial charge in [0.05, 0.1) is 5.69 Å². The van der Waals surface area contributed by atoms with E-state index in [9.17, 15) is 8.42 Å². The fourth-order valence-corrected chi connectivity index (χ4v) is 3.99. The summed E-state index contributed by atoms with van der Waals surface area (Å²) in [5, 5.41) is 17.9. The molecule has 0 atom stereocenters. The molecule has 0 saturated heterocycles. The van der Waals surface area contributed by atoms with Gasteiger partial charge in [-0.05, 0) is 0 Å². The Bertz CT molecular complexity index is 739. The zero-order valence-electron chi connectivity index (χ0n) is 12.2. The molecule has 0 spiro atoms. The molecule has 0 aliphatic carbocycles. The van der Waals surface area contributed by atoms with E-state index in [-0.39, 0.29) is 17.6 Å². The Balaban J connectivity index is 1.71. The molecule has 0 fully saturated rings. The summed E-state index contributed by atoms with van der Waals surface area (Å²) >= 11 is 3.02. The summed E-state index contributed by atoms with van der Waals surface area (Å²) in [4.78, 5) is 4.28. The second kappa shape index (κ2) is 7.61. The Hall–Kier alpha value is -1.86. The monoisotopic (exact) mass is 376 g/mol. The molecule has 0 saturated carbocycles. The summed E-state index contributed by atoms with van der Waals surface area (Å²) in [6.07, 6.45) is 0. The predicted octanol–water partition coefficient (Wildman–Crippen LogP) is -0.454. The number of likely N-dealkylation sites (N-methyl/N-ethyl adjacent to an activating group) is 1. The third-order valence-corrected chi connectivity index (χ3v) is 5.08. The van der Waals surface area contributed by atoms with Crippen molar-refractivity contribution < 1.29 is 8.42 Å². The Morgan fingerprint density at radius 3 is 2.87 bits per heavy atom. The Morgan fingerprint density at radius 1 is 1.43 bits per heavy atom. The van der Waals surface area contributed by atoms with E-state index in [2.05, 4.69) is 29.7 Å². The summed E-state index contributed by atoms with van der Waals surface area (Å²) in [5.74, 6) is 1.75. The molecule has 2 heterocycles. The molecule has 1 aromatic rings. The van der Waals surface area contributed by atoms with E-state index >= 15 is 0 Å². The van der Waals surface area contributed by atoms with Crippen LogP contribution >= 0.6 is 23.1 Å². The maximum Gasteiger partial charge on any atom is 0.367 e. The van der Waals surface area contributed by atoms with E-state index in [4.69, 9.17) is 11.1 Å². The van der Waals surface area contributed by atoms with Gasteiger partial charge in [-0.15, -0.1) is 20.1 Å². The van der Waals surface area contributed by atoms with Crippen molar-refractivity contribution in [3.63, 3.8) is 0 Å². The second-order valence-electron chi connectivity index (χ2n) is 4.24. The van der Waals surface area contributed by atoms with Gasteiger partial charge < -0.3 is 21.7 Å². The van der Waals surface area contributed by atoms with Crippen LogP contribution in [0.1, 0.15) is 5.69 Å². The number of nitrogens with zero attached hydrogens (tertiary/aromatic N) is 3. The summed E-state index contributed by atoms with van der Waals surface area (Å²) in [6.45, 7) is 0.544. The largest absolute Gasteiger partial charge is 0.370 e. The van der Waals surface area contributed by atoms with Gasteiger partial charge in [0.15, 0.2) is 22.8 Å². The number of hydrogen-bond donors (Lipinski definition) is 5. The van der Waals surface area contributed by atoms with Crippen LogP contribution in [0.2, 0.25) is 0 Å². The van der Waals surface area contributed by atoms with Crippen molar-refractivity contribution in [2.24, 2.45) is 14.5 Å². The smallest absolute Gasteiger partial charge is 0.367 e. The van der Waals surface area contributed by atoms with Crippen molar-refractivity contribution in [2.75, 3.05) is 24.7 Å². The number of guanidine groups is 1. The first-order valence-corrected chi connectivity index (χ1v) is 9.83. The van der Waals surface area contributed by atoms with Gasteiger partial charge >= 0.3 is 10.2 Å². The summed E-state index contributed by atoms with van der Waals surface area (Å²) in [5.41, 5.74) is 6.12. The SMILES string of the molecule is CNC1=NS(=O)(=O)N=C1NCCSCc1csc(NC(=N)N)n1. The van der Waals surface area contributed by atoms with Gasteiger partial charge in [-0.1, -0.05) is 0 Å². The molecule has 126 valence electrons. The van der Waals surface area contributed by atoms with Gasteiger partial charge in [0.1, 0.15) is 0 Å². The highest BCUT2D eigenvalue weighted by molar-refractivity contribution is 7.98. The zero-order valence-corrected chi connectivity index (χ0v) is 14.6. The molecule has 1 aliphatic rings. The van der Waals surface area contributed by atoms with Crippen molar-refractivity contribution in [3.05, 3.63) is 11.1 Å². The number of nitrogens with two attached hydrogens (primary N) is 1. The van der Waals surface area contributed by atoms with Crippen molar-refractivity contribution in [1.82, 2.24) is 15.6 Å². The molecule has 13 heteroatoms. The van der Waals surface area contributed by atoms with E-state index in [1.54, 1.807) is 18.8 Å². The van der Waals surface area contributed by atoms with Gasteiger partial charge in [0, 0.05) is 30.5 Å². The average Bonchev–Trinajstić information content (AvgIpc) is 3.01. The Labute approximate surface area is 141 Å². The lowest BCUT2D eigenvalue weighted by Gasteiger charge is -2.06. The average molecular weight is 376 g/mol. The lowest BCUT2D eigenvalue weighted by atomic mass is 10.5. The van der Waals surface area contributed by atoms with Crippen LogP contribution in [0, 0.1) is 5.41 Å². The number of anilines is 1. The first-order chi connectivity index (χ1) is 10.9. The third kappa shape index (κ3) is 5.37. The molecule has 1 aliphatic heterocycles. The molecule has 23 heavy (non-hydrogen) atoms. The van der Waals surface area contributed by atoms with E-state index in [1.807, 2.05) is 5.38 Å². The van der Waals surface area contributed by atoms with E-state index in [1.165, 1.54) is 11.3 Å². The van der Waals surface area contributed by atoms with Crippen molar-refractivity contribution in [3.8, 4) is 0 Å². The molecule has 0 unspecified atom stereocenters. The molecule has 1 aromatic heterocycles. The minimum atomic E-state index is -3.75. The van der Waals surface area contributed by atoms with Crippen molar-refractivity contribution in [2.45, 2.75) is 5.75 Å². The highest BCUT2D eigenvalue weighted by Crippen LogP contribution is 2.19. The van der Waals surface area contributed by atoms with E-state index in [0.717, 1.165) is 11.4 Å². The van der Waals surface area contributed by atoms with E-state index < -0.39 is 10.2 Å². The van der Waals surface area contributed by atoms with Crippen LogP contribution in [-0.2, 0) is 16.0 Å². The zero-order chi connectivity index (χ0) is 16.9. The van der Waals surface area contributed by atoms with Crippen LogP contribution in [-0.4, -0.2) is 50.4 Å². The highest BCUT2D eigenvalue weighted by Gasteiger charge is 2.22. The number of nitrogens with one attached hydrogen (secondary N) is 4.